The van der Waals surface area contributed by atoms with Gasteiger partial charge in [-0.15, -0.1) is 0 Å². The van der Waals surface area contributed by atoms with Gasteiger partial charge in [0.25, 0.3) is 11.8 Å². The number of aromatic nitrogens is 1. The van der Waals surface area contributed by atoms with E-state index in [0.717, 1.165) is 18.2 Å². The fourth-order valence-electron chi connectivity index (χ4n) is 2.50. The first-order chi connectivity index (χ1) is 13.8. The summed E-state index contributed by atoms with van der Waals surface area (Å²) in [7, 11) is 0. The molecule has 0 aliphatic carbocycles. The van der Waals surface area contributed by atoms with Crippen LogP contribution in [0.4, 0.5) is 13.2 Å². The van der Waals surface area contributed by atoms with Gasteiger partial charge >= 0.3 is 6.18 Å². The molecule has 0 unspecified atom stereocenters. The molecule has 29 heavy (non-hydrogen) atoms. The molecule has 1 aromatic heterocycles. The molecule has 0 saturated heterocycles. The van der Waals surface area contributed by atoms with Crippen molar-refractivity contribution >= 4 is 11.8 Å². The second kappa shape index (κ2) is 8.11. The SMILES string of the molecule is NN(C(=O)c1ccccc1C(F)(F)F)C(=O)c1cccnc1Oc1ccccc1. The van der Waals surface area contributed by atoms with E-state index in [0.29, 0.717) is 5.75 Å². The summed E-state index contributed by atoms with van der Waals surface area (Å²) in [6.07, 6.45) is -3.43. The first kappa shape index (κ1) is 20.0. The van der Waals surface area contributed by atoms with Crippen LogP contribution < -0.4 is 10.6 Å². The molecular formula is C20H14F3N3O3. The topological polar surface area (TPSA) is 85.5 Å². The van der Waals surface area contributed by atoms with Crippen LogP contribution in [0.3, 0.4) is 0 Å². The van der Waals surface area contributed by atoms with E-state index in [2.05, 4.69) is 4.98 Å². The molecule has 1 heterocycles. The lowest BCUT2D eigenvalue weighted by molar-refractivity contribution is -0.138. The number of carbonyl (C=O) groups excluding carboxylic acids is 2. The van der Waals surface area contributed by atoms with Crippen LogP contribution in [0, 0.1) is 0 Å². The van der Waals surface area contributed by atoms with E-state index < -0.39 is 29.1 Å². The van der Waals surface area contributed by atoms with Gasteiger partial charge < -0.3 is 4.74 Å². The third-order valence-electron chi connectivity index (χ3n) is 3.86. The van der Waals surface area contributed by atoms with Crippen LogP contribution in [0.1, 0.15) is 26.3 Å². The zero-order valence-corrected chi connectivity index (χ0v) is 14.8. The Hall–Kier alpha value is -3.72. The van der Waals surface area contributed by atoms with Gasteiger partial charge in [0.05, 0.1) is 11.1 Å². The van der Waals surface area contributed by atoms with Gasteiger partial charge in [-0.2, -0.15) is 13.2 Å². The zero-order valence-electron chi connectivity index (χ0n) is 14.8. The van der Waals surface area contributed by atoms with Gasteiger partial charge in [0, 0.05) is 6.20 Å². The predicted octanol–water partition coefficient (Wildman–Crippen LogP) is 4.05. The molecule has 2 amide bonds. The minimum Gasteiger partial charge on any atom is -0.438 e. The molecule has 0 aliphatic heterocycles. The number of benzene rings is 2. The number of alkyl halides is 3. The van der Waals surface area contributed by atoms with Gasteiger partial charge in [0.15, 0.2) is 0 Å². The summed E-state index contributed by atoms with van der Waals surface area (Å²) in [5.41, 5.74) is -2.12. The monoisotopic (exact) mass is 401 g/mol. The number of para-hydroxylation sites is 1. The molecule has 0 radical (unpaired) electrons. The molecule has 0 saturated carbocycles. The lowest BCUT2D eigenvalue weighted by Crippen LogP contribution is -2.43. The highest BCUT2D eigenvalue weighted by atomic mass is 19.4. The molecular weight excluding hydrogens is 387 g/mol. The van der Waals surface area contributed by atoms with Gasteiger partial charge in [-0.05, 0) is 36.4 Å². The standard InChI is InChI=1S/C20H14F3N3O3/c21-20(22,23)16-11-5-4-9-14(16)18(27)26(24)19(28)15-10-6-12-25-17(15)29-13-7-2-1-3-8-13/h1-12H,24H2. The number of nitrogens with two attached hydrogens (primary N) is 1. The smallest absolute Gasteiger partial charge is 0.417 e. The highest BCUT2D eigenvalue weighted by Crippen LogP contribution is 2.32. The number of hydrogen-bond donors (Lipinski definition) is 1. The minimum absolute atomic E-state index is 0.111. The Kier molecular flexibility index (Phi) is 5.60. The summed E-state index contributed by atoms with van der Waals surface area (Å²) < 4.78 is 45.1. The third-order valence-corrected chi connectivity index (χ3v) is 3.86. The number of imide groups is 1. The number of hydrogen-bond acceptors (Lipinski definition) is 5. The number of ether oxygens (including phenoxy) is 1. The van der Waals surface area contributed by atoms with Gasteiger partial charge in [-0.1, -0.05) is 30.3 Å². The minimum atomic E-state index is -4.79. The van der Waals surface area contributed by atoms with E-state index in [1.54, 1.807) is 30.3 Å². The van der Waals surface area contributed by atoms with Crippen molar-refractivity contribution in [2.75, 3.05) is 0 Å². The largest absolute Gasteiger partial charge is 0.438 e. The molecule has 148 valence electrons. The van der Waals surface area contributed by atoms with E-state index in [1.807, 2.05) is 0 Å². The Balaban J connectivity index is 1.91. The molecule has 2 aromatic carbocycles. The first-order valence-electron chi connectivity index (χ1n) is 8.26. The van der Waals surface area contributed by atoms with E-state index in [4.69, 9.17) is 10.6 Å². The number of pyridine rings is 1. The molecule has 0 bridgehead atoms. The Morgan fingerprint density at radius 2 is 1.45 bits per heavy atom. The van der Waals surface area contributed by atoms with Crippen molar-refractivity contribution in [1.29, 1.82) is 0 Å². The normalized spacial score (nSPS) is 11.0. The molecule has 2 N–H and O–H groups in total. The number of halogens is 3. The quantitative estimate of drug-likeness (QED) is 0.309. The van der Waals surface area contributed by atoms with Crippen molar-refractivity contribution < 1.29 is 27.5 Å². The Labute approximate surface area is 163 Å². The summed E-state index contributed by atoms with van der Waals surface area (Å²) in [6.45, 7) is 0. The van der Waals surface area contributed by atoms with Crippen LogP contribution in [-0.4, -0.2) is 21.8 Å². The Morgan fingerprint density at radius 1 is 0.862 bits per heavy atom. The molecule has 0 atom stereocenters. The van der Waals surface area contributed by atoms with E-state index >= 15 is 0 Å². The van der Waals surface area contributed by atoms with E-state index in [-0.39, 0.29) is 16.5 Å². The first-order valence-corrected chi connectivity index (χ1v) is 8.26. The molecule has 0 spiro atoms. The van der Waals surface area contributed by atoms with E-state index in [9.17, 15) is 22.8 Å². The van der Waals surface area contributed by atoms with Crippen LogP contribution >= 0.6 is 0 Å². The molecule has 3 rings (SSSR count). The molecule has 3 aromatic rings. The van der Waals surface area contributed by atoms with Crippen molar-refractivity contribution in [1.82, 2.24) is 9.99 Å². The van der Waals surface area contributed by atoms with Crippen LogP contribution in [0.15, 0.2) is 72.9 Å². The van der Waals surface area contributed by atoms with Crippen molar-refractivity contribution in [3.8, 4) is 11.6 Å². The zero-order chi connectivity index (χ0) is 21.0. The lowest BCUT2D eigenvalue weighted by Gasteiger charge is -2.19. The maximum absolute atomic E-state index is 13.2. The molecule has 6 nitrogen and oxygen atoms in total. The summed E-state index contributed by atoms with van der Waals surface area (Å²) >= 11 is 0. The number of hydrazine groups is 1. The fraction of sp³-hybridized carbons (Fsp3) is 0.0500. The van der Waals surface area contributed by atoms with Gasteiger partial charge in [0.2, 0.25) is 5.88 Å². The average molecular weight is 401 g/mol. The van der Waals surface area contributed by atoms with Gasteiger partial charge in [-0.25, -0.2) is 15.8 Å². The lowest BCUT2D eigenvalue weighted by atomic mass is 10.1. The van der Waals surface area contributed by atoms with Crippen LogP contribution in [-0.2, 0) is 6.18 Å². The van der Waals surface area contributed by atoms with E-state index in [1.165, 1.54) is 24.4 Å². The van der Waals surface area contributed by atoms with Crippen molar-refractivity contribution in [3.05, 3.63) is 89.6 Å². The summed E-state index contributed by atoms with van der Waals surface area (Å²) in [4.78, 5) is 29.2. The summed E-state index contributed by atoms with van der Waals surface area (Å²) in [5.74, 6) is 3.44. The second-order valence-corrected chi connectivity index (χ2v) is 5.79. The van der Waals surface area contributed by atoms with Crippen LogP contribution in [0.25, 0.3) is 0 Å². The second-order valence-electron chi connectivity index (χ2n) is 5.79. The van der Waals surface area contributed by atoms with Crippen LogP contribution in [0.2, 0.25) is 0 Å². The maximum atomic E-state index is 13.2. The Morgan fingerprint density at radius 3 is 2.14 bits per heavy atom. The Bertz CT molecular complexity index is 1040. The van der Waals surface area contributed by atoms with Crippen molar-refractivity contribution in [2.45, 2.75) is 6.18 Å². The number of rotatable bonds is 4. The number of nitrogens with zero attached hydrogens (tertiary/aromatic N) is 2. The highest BCUT2D eigenvalue weighted by molar-refractivity contribution is 6.11. The number of amides is 2. The van der Waals surface area contributed by atoms with Gasteiger partial charge in [0.1, 0.15) is 11.3 Å². The van der Waals surface area contributed by atoms with Crippen molar-refractivity contribution in [2.24, 2.45) is 5.84 Å². The highest BCUT2D eigenvalue weighted by Gasteiger charge is 2.37. The fourth-order valence-corrected chi connectivity index (χ4v) is 2.50. The number of carbonyl (C=O) groups is 2. The maximum Gasteiger partial charge on any atom is 0.417 e. The van der Waals surface area contributed by atoms with Crippen LogP contribution in [0.5, 0.6) is 11.6 Å². The third kappa shape index (κ3) is 4.41. The van der Waals surface area contributed by atoms with Gasteiger partial charge in [-0.3, -0.25) is 9.59 Å². The molecule has 0 fully saturated rings. The molecule has 0 aliphatic rings. The average Bonchev–Trinajstić information content (AvgIpc) is 2.73. The summed E-state index contributed by atoms with van der Waals surface area (Å²) in [5, 5.41) is 0.111. The van der Waals surface area contributed by atoms with Crippen molar-refractivity contribution in [3.63, 3.8) is 0 Å². The summed E-state index contributed by atoms with van der Waals surface area (Å²) in [6, 6.07) is 15.2. The predicted molar refractivity (Wildman–Crippen MR) is 96.9 cm³/mol. The molecule has 9 heteroatoms.